The molecule has 0 saturated carbocycles. The van der Waals surface area contributed by atoms with E-state index in [0.717, 1.165) is 5.76 Å². The minimum absolute atomic E-state index is 0.203. The van der Waals surface area contributed by atoms with Gasteiger partial charge in [-0.2, -0.15) is 0 Å². The molecule has 0 bridgehead atoms. The van der Waals surface area contributed by atoms with Crippen molar-refractivity contribution < 1.29 is 9.21 Å². The Morgan fingerprint density at radius 3 is 2.92 bits per heavy atom. The van der Waals surface area contributed by atoms with Gasteiger partial charge in [0.15, 0.2) is 5.76 Å². The molecule has 0 aliphatic heterocycles. The summed E-state index contributed by atoms with van der Waals surface area (Å²) in [6.45, 7) is 1.80. The van der Waals surface area contributed by atoms with E-state index >= 15 is 0 Å². The zero-order valence-corrected chi connectivity index (χ0v) is 7.10. The smallest absolute Gasteiger partial charge is 0.298 e. The van der Waals surface area contributed by atoms with Gasteiger partial charge in [-0.25, -0.2) is 4.98 Å². The Labute approximate surface area is 74.8 Å². The summed E-state index contributed by atoms with van der Waals surface area (Å²) in [6, 6.07) is 3.40. The van der Waals surface area contributed by atoms with Crippen LogP contribution in [0.15, 0.2) is 35.3 Å². The van der Waals surface area contributed by atoms with Crippen LogP contribution in [0.2, 0.25) is 0 Å². The first-order valence-corrected chi connectivity index (χ1v) is 3.86. The van der Waals surface area contributed by atoms with Gasteiger partial charge in [-0.05, 0) is 19.1 Å². The number of hydrogen-bond acceptors (Lipinski definition) is 3. The Morgan fingerprint density at radius 1 is 1.54 bits per heavy atom. The lowest BCUT2D eigenvalue weighted by Gasteiger charge is -1.95. The predicted molar refractivity (Wildman–Crippen MR) is 45.4 cm³/mol. The quantitative estimate of drug-likeness (QED) is 0.661. The van der Waals surface area contributed by atoms with Crippen LogP contribution in [0.1, 0.15) is 16.3 Å². The number of nitrogens with zero attached hydrogens (tertiary/aromatic N) is 2. The second-order valence-electron chi connectivity index (χ2n) is 2.69. The normalized spacial score (nSPS) is 10.2. The molecule has 0 fully saturated rings. The highest BCUT2D eigenvalue weighted by Crippen LogP contribution is 2.07. The van der Waals surface area contributed by atoms with Crippen LogP contribution >= 0.6 is 0 Å². The lowest BCUT2D eigenvalue weighted by molar-refractivity contribution is 0.0931. The Hall–Kier alpha value is -1.84. The van der Waals surface area contributed by atoms with Crippen LogP contribution in [0.3, 0.4) is 0 Å². The van der Waals surface area contributed by atoms with E-state index in [0.29, 0.717) is 5.76 Å². The highest BCUT2D eigenvalue weighted by Gasteiger charge is 2.10. The van der Waals surface area contributed by atoms with Gasteiger partial charge in [-0.3, -0.25) is 9.36 Å². The first-order valence-electron chi connectivity index (χ1n) is 3.86. The topological polar surface area (TPSA) is 48.0 Å². The maximum absolute atomic E-state index is 11.5. The van der Waals surface area contributed by atoms with Crippen LogP contribution < -0.4 is 0 Å². The lowest BCUT2D eigenvalue weighted by Crippen LogP contribution is -2.08. The SMILES string of the molecule is Cc1ccc(C(=O)n2ccnc2)o1. The number of hydrogen-bond donors (Lipinski definition) is 0. The molecule has 4 heteroatoms. The van der Waals surface area contributed by atoms with Crippen LogP contribution in [0, 0.1) is 6.92 Å². The Bertz CT molecular complexity index is 415. The molecule has 2 aromatic heterocycles. The van der Waals surface area contributed by atoms with Crippen molar-refractivity contribution >= 4 is 5.91 Å². The monoisotopic (exact) mass is 176 g/mol. The average molecular weight is 176 g/mol. The van der Waals surface area contributed by atoms with E-state index in [-0.39, 0.29) is 5.91 Å². The van der Waals surface area contributed by atoms with Crippen molar-refractivity contribution in [2.24, 2.45) is 0 Å². The summed E-state index contributed by atoms with van der Waals surface area (Å²) in [5.74, 6) is 0.851. The fourth-order valence-electron chi connectivity index (χ4n) is 1.06. The first-order chi connectivity index (χ1) is 6.27. The van der Waals surface area contributed by atoms with Gasteiger partial charge in [-0.15, -0.1) is 0 Å². The molecule has 13 heavy (non-hydrogen) atoms. The van der Waals surface area contributed by atoms with Crippen molar-refractivity contribution in [3.8, 4) is 0 Å². The number of aryl methyl sites for hydroxylation is 1. The molecular formula is C9H8N2O2. The highest BCUT2D eigenvalue weighted by molar-refractivity contribution is 5.93. The predicted octanol–water partition coefficient (Wildman–Crippen LogP) is 1.47. The van der Waals surface area contributed by atoms with E-state index in [9.17, 15) is 4.79 Å². The van der Waals surface area contributed by atoms with Crippen LogP contribution in [0.4, 0.5) is 0 Å². The molecule has 0 spiro atoms. The lowest BCUT2D eigenvalue weighted by atomic mass is 10.4. The van der Waals surface area contributed by atoms with Crippen molar-refractivity contribution in [3.05, 3.63) is 42.4 Å². The number of carbonyl (C=O) groups is 1. The standard InChI is InChI=1S/C9H8N2O2/c1-7-2-3-8(13-7)9(12)11-5-4-10-6-11/h2-6H,1H3. The molecule has 4 nitrogen and oxygen atoms in total. The summed E-state index contributed by atoms with van der Waals surface area (Å²) in [5.41, 5.74) is 0. The third-order valence-electron chi connectivity index (χ3n) is 1.69. The molecule has 2 heterocycles. The minimum Gasteiger partial charge on any atom is -0.456 e. The minimum atomic E-state index is -0.203. The van der Waals surface area contributed by atoms with E-state index in [1.807, 2.05) is 0 Å². The van der Waals surface area contributed by atoms with E-state index in [1.54, 1.807) is 31.5 Å². The molecule has 0 aliphatic carbocycles. The summed E-state index contributed by atoms with van der Waals surface area (Å²) in [4.78, 5) is 15.3. The van der Waals surface area contributed by atoms with Gasteiger partial charge in [0, 0.05) is 12.4 Å². The zero-order chi connectivity index (χ0) is 9.26. The number of rotatable bonds is 1. The molecule has 0 N–H and O–H groups in total. The molecule has 0 radical (unpaired) electrons. The molecule has 0 atom stereocenters. The van der Waals surface area contributed by atoms with Crippen LogP contribution in [0.25, 0.3) is 0 Å². The first kappa shape index (κ1) is 7.79. The molecule has 0 saturated heterocycles. The molecule has 0 aliphatic rings. The van der Waals surface area contributed by atoms with Crippen LogP contribution in [-0.4, -0.2) is 15.5 Å². The average Bonchev–Trinajstić information content (AvgIpc) is 2.72. The Balaban J connectivity index is 2.33. The van der Waals surface area contributed by atoms with E-state index in [2.05, 4.69) is 4.98 Å². The summed E-state index contributed by atoms with van der Waals surface area (Å²) in [7, 11) is 0. The van der Waals surface area contributed by atoms with Crippen molar-refractivity contribution in [3.63, 3.8) is 0 Å². The maximum atomic E-state index is 11.5. The van der Waals surface area contributed by atoms with Crippen LogP contribution in [-0.2, 0) is 0 Å². The summed E-state index contributed by atoms with van der Waals surface area (Å²) in [5, 5.41) is 0. The fraction of sp³-hybridized carbons (Fsp3) is 0.111. The van der Waals surface area contributed by atoms with Gasteiger partial charge in [-0.1, -0.05) is 0 Å². The van der Waals surface area contributed by atoms with Gasteiger partial charge < -0.3 is 4.42 Å². The molecule has 0 amide bonds. The number of imidazole rings is 1. The van der Waals surface area contributed by atoms with Gasteiger partial charge >= 0.3 is 0 Å². The molecule has 2 aromatic rings. The van der Waals surface area contributed by atoms with E-state index in [1.165, 1.54) is 10.9 Å². The fourth-order valence-corrected chi connectivity index (χ4v) is 1.06. The second kappa shape index (κ2) is 2.90. The second-order valence-corrected chi connectivity index (χ2v) is 2.69. The Kier molecular flexibility index (Phi) is 1.73. The summed E-state index contributed by atoms with van der Waals surface area (Å²) < 4.78 is 6.54. The molecule has 2 rings (SSSR count). The summed E-state index contributed by atoms with van der Waals surface area (Å²) in [6.07, 6.45) is 4.58. The summed E-state index contributed by atoms with van der Waals surface area (Å²) >= 11 is 0. The number of carbonyl (C=O) groups excluding carboxylic acids is 1. The van der Waals surface area contributed by atoms with Gasteiger partial charge in [0.1, 0.15) is 12.1 Å². The van der Waals surface area contributed by atoms with Gasteiger partial charge in [0.05, 0.1) is 0 Å². The number of aromatic nitrogens is 2. The highest BCUT2D eigenvalue weighted by atomic mass is 16.3. The van der Waals surface area contributed by atoms with E-state index < -0.39 is 0 Å². The van der Waals surface area contributed by atoms with Crippen molar-refractivity contribution in [1.29, 1.82) is 0 Å². The molecular weight excluding hydrogens is 168 g/mol. The van der Waals surface area contributed by atoms with Gasteiger partial charge in [0.25, 0.3) is 5.91 Å². The largest absolute Gasteiger partial charge is 0.456 e. The van der Waals surface area contributed by atoms with Crippen molar-refractivity contribution in [1.82, 2.24) is 9.55 Å². The maximum Gasteiger partial charge on any atom is 0.298 e. The van der Waals surface area contributed by atoms with E-state index in [4.69, 9.17) is 4.42 Å². The molecule has 0 unspecified atom stereocenters. The van der Waals surface area contributed by atoms with Crippen molar-refractivity contribution in [2.75, 3.05) is 0 Å². The molecule has 66 valence electrons. The Morgan fingerprint density at radius 2 is 2.38 bits per heavy atom. The van der Waals surface area contributed by atoms with Crippen LogP contribution in [0.5, 0.6) is 0 Å². The van der Waals surface area contributed by atoms with Gasteiger partial charge in [0.2, 0.25) is 0 Å². The van der Waals surface area contributed by atoms with Crippen molar-refractivity contribution in [2.45, 2.75) is 6.92 Å². The number of furan rings is 1. The zero-order valence-electron chi connectivity index (χ0n) is 7.10. The third-order valence-corrected chi connectivity index (χ3v) is 1.69. The molecule has 0 aromatic carbocycles. The third kappa shape index (κ3) is 1.38.